The second-order valence-electron chi connectivity index (χ2n) is 6.33. The van der Waals surface area contributed by atoms with Crippen LogP contribution in [0.2, 0.25) is 0 Å². The number of nitrogens with zero attached hydrogens (tertiary/aromatic N) is 2. The van der Waals surface area contributed by atoms with Gasteiger partial charge in [0.2, 0.25) is 0 Å². The fourth-order valence-corrected chi connectivity index (χ4v) is 4.75. The minimum atomic E-state index is -3.98. The number of fused-ring (bicyclic) bond motifs is 5. The van der Waals surface area contributed by atoms with Crippen molar-refractivity contribution in [1.29, 1.82) is 0 Å². The van der Waals surface area contributed by atoms with Crippen molar-refractivity contribution in [3.8, 4) is 0 Å². The average molecular weight is 349 g/mol. The first-order valence-corrected chi connectivity index (χ1v) is 9.40. The molecule has 126 valence electrons. The molecule has 1 aliphatic carbocycles. The van der Waals surface area contributed by atoms with E-state index in [4.69, 9.17) is 4.18 Å². The lowest BCUT2D eigenvalue weighted by atomic mass is 9.91. The number of pyridine rings is 1. The lowest BCUT2D eigenvalue weighted by molar-refractivity contribution is -0.692. The normalized spacial score (nSPS) is 31.1. The van der Waals surface area contributed by atoms with E-state index in [0.717, 1.165) is 0 Å². The first-order chi connectivity index (χ1) is 11.5. The molecule has 4 unspecified atom stereocenters. The molecule has 2 fully saturated rings. The van der Waals surface area contributed by atoms with Crippen LogP contribution >= 0.6 is 0 Å². The van der Waals surface area contributed by atoms with E-state index >= 15 is 0 Å². The van der Waals surface area contributed by atoms with Gasteiger partial charge in [0.15, 0.2) is 36.6 Å². The molecule has 1 saturated heterocycles. The highest BCUT2D eigenvalue weighted by Crippen LogP contribution is 2.43. The summed E-state index contributed by atoms with van der Waals surface area (Å²) >= 11 is 0. The van der Waals surface area contributed by atoms with Crippen LogP contribution in [0.15, 0.2) is 42.9 Å². The number of ketones is 2. The predicted octanol–water partition coefficient (Wildman–Crippen LogP) is -0.715. The predicted molar refractivity (Wildman–Crippen MR) is 81.9 cm³/mol. The highest BCUT2D eigenvalue weighted by atomic mass is 32.2. The maximum Gasteiger partial charge on any atom is 0.274 e. The highest BCUT2D eigenvalue weighted by Gasteiger charge is 2.60. The van der Waals surface area contributed by atoms with E-state index in [-0.39, 0.29) is 18.2 Å². The van der Waals surface area contributed by atoms with Gasteiger partial charge in [0.1, 0.15) is 11.8 Å². The van der Waals surface area contributed by atoms with Crippen LogP contribution < -0.4 is 4.57 Å². The van der Waals surface area contributed by atoms with Gasteiger partial charge in [-0.3, -0.25) is 13.8 Å². The van der Waals surface area contributed by atoms with Crippen LogP contribution in [0.4, 0.5) is 0 Å². The summed E-state index contributed by atoms with van der Waals surface area (Å²) in [6, 6.07) is 4.84. The fraction of sp³-hybridized carbons (Fsp3) is 0.438. The summed E-state index contributed by atoms with van der Waals surface area (Å²) in [7, 11) is -3.98. The molecule has 3 aliphatic rings. The van der Waals surface area contributed by atoms with Gasteiger partial charge in [0.25, 0.3) is 10.1 Å². The molecule has 0 radical (unpaired) electrons. The molecule has 0 aromatic carbocycles. The average Bonchev–Trinajstić information content (AvgIpc) is 3.24. The Bertz CT molecular complexity index is 790. The highest BCUT2D eigenvalue weighted by molar-refractivity contribution is 7.86. The summed E-state index contributed by atoms with van der Waals surface area (Å²) in [4.78, 5) is 26.7. The molecule has 7 nitrogen and oxygen atoms in total. The molecule has 2 bridgehead atoms. The zero-order valence-corrected chi connectivity index (χ0v) is 13.6. The van der Waals surface area contributed by atoms with E-state index in [2.05, 4.69) is 0 Å². The van der Waals surface area contributed by atoms with Crippen LogP contribution in [-0.4, -0.2) is 49.3 Å². The third-order valence-electron chi connectivity index (χ3n) is 4.86. The summed E-state index contributed by atoms with van der Waals surface area (Å²) in [5, 5.41) is 0. The van der Waals surface area contributed by atoms with Crippen molar-refractivity contribution in [2.24, 2.45) is 11.8 Å². The molecule has 4 rings (SSSR count). The van der Waals surface area contributed by atoms with Gasteiger partial charge in [0.05, 0.1) is 5.92 Å². The Labute approximate surface area is 139 Å². The molecule has 8 heteroatoms. The van der Waals surface area contributed by atoms with Gasteiger partial charge >= 0.3 is 0 Å². The van der Waals surface area contributed by atoms with Crippen molar-refractivity contribution in [2.45, 2.75) is 18.7 Å². The van der Waals surface area contributed by atoms with Gasteiger partial charge in [-0.05, 0) is 6.20 Å². The SMILES string of the molecule is O=C1C(OS(=O)(=O)CC[n+]2ccccc2)C(=O)C2C1C1C=CN2C1. The molecule has 1 aromatic heterocycles. The summed E-state index contributed by atoms with van der Waals surface area (Å²) in [6.07, 6.45) is 5.69. The van der Waals surface area contributed by atoms with E-state index in [1.807, 2.05) is 17.0 Å². The molecule has 4 atom stereocenters. The van der Waals surface area contributed by atoms with Crippen molar-refractivity contribution >= 4 is 21.7 Å². The molecule has 0 amide bonds. The monoisotopic (exact) mass is 349 g/mol. The quantitative estimate of drug-likeness (QED) is 0.396. The minimum absolute atomic E-state index is 0.0115. The number of Topliss-reactive ketones (excluding diaryl/α,β-unsaturated/α-hetero) is 2. The molecule has 0 spiro atoms. The van der Waals surface area contributed by atoms with E-state index in [9.17, 15) is 18.0 Å². The number of aromatic nitrogens is 1. The zero-order valence-electron chi connectivity index (χ0n) is 12.8. The van der Waals surface area contributed by atoms with Crippen LogP contribution in [0.3, 0.4) is 0 Å². The largest absolute Gasteiger partial charge is 0.366 e. The van der Waals surface area contributed by atoms with Crippen molar-refractivity contribution in [3.05, 3.63) is 42.9 Å². The third-order valence-corrected chi connectivity index (χ3v) is 6.03. The number of hydrogen-bond acceptors (Lipinski definition) is 6. The van der Waals surface area contributed by atoms with Crippen LogP contribution in [0.1, 0.15) is 0 Å². The van der Waals surface area contributed by atoms with Crippen molar-refractivity contribution in [2.75, 3.05) is 12.3 Å². The topological polar surface area (TPSA) is 84.6 Å². The summed E-state index contributed by atoms with van der Waals surface area (Å²) in [5.41, 5.74) is 0. The second kappa shape index (κ2) is 5.49. The molecule has 1 aromatic rings. The van der Waals surface area contributed by atoms with E-state index in [1.165, 1.54) is 0 Å². The molecule has 1 saturated carbocycles. The molecular formula is C16H17N2O5S+. The van der Waals surface area contributed by atoms with Crippen molar-refractivity contribution < 1.29 is 26.8 Å². The number of hydrogen-bond donors (Lipinski definition) is 0. The molecule has 3 heterocycles. The lowest BCUT2D eigenvalue weighted by Gasteiger charge is -2.20. The van der Waals surface area contributed by atoms with Gasteiger partial charge < -0.3 is 4.90 Å². The number of carbonyl (C=O) groups excluding carboxylic acids is 2. The molecular weight excluding hydrogens is 332 g/mol. The van der Waals surface area contributed by atoms with Crippen LogP contribution in [0.25, 0.3) is 0 Å². The molecule has 24 heavy (non-hydrogen) atoms. The first kappa shape index (κ1) is 15.5. The van der Waals surface area contributed by atoms with Crippen molar-refractivity contribution in [1.82, 2.24) is 4.90 Å². The minimum Gasteiger partial charge on any atom is -0.366 e. The summed E-state index contributed by atoms with van der Waals surface area (Å²) in [5.74, 6) is -1.61. The van der Waals surface area contributed by atoms with Gasteiger partial charge in [-0.2, -0.15) is 8.42 Å². The molecule has 2 aliphatic heterocycles. The molecule has 0 N–H and O–H groups in total. The second-order valence-corrected chi connectivity index (χ2v) is 8.04. The Morgan fingerprint density at radius 3 is 2.62 bits per heavy atom. The first-order valence-electron chi connectivity index (χ1n) is 7.83. The van der Waals surface area contributed by atoms with Crippen molar-refractivity contribution in [3.63, 3.8) is 0 Å². The fourth-order valence-electron chi connectivity index (χ4n) is 3.73. The summed E-state index contributed by atoms with van der Waals surface area (Å²) < 4.78 is 31.1. The maximum absolute atomic E-state index is 12.5. The summed E-state index contributed by atoms with van der Waals surface area (Å²) in [6.45, 7) is 0.846. The Morgan fingerprint density at radius 1 is 1.17 bits per heavy atom. The van der Waals surface area contributed by atoms with Gasteiger partial charge in [-0.25, -0.2) is 4.57 Å². The Morgan fingerprint density at radius 2 is 1.92 bits per heavy atom. The third kappa shape index (κ3) is 2.46. The Balaban J connectivity index is 1.45. The lowest BCUT2D eigenvalue weighted by Crippen LogP contribution is -2.40. The van der Waals surface area contributed by atoms with E-state index < -0.39 is 39.7 Å². The van der Waals surface area contributed by atoms with Crippen LogP contribution in [0, 0.1) is 11.8 Å². The van der Waals surface area contributed by atoms with Gasteiger partial charge in [0, 0.05) is 24.6 Å². The van der Waals surface area contributed by atoms with Crippen LogP contribution in [-0.2, 0) is 30.4 Å². The Kier molecular flexibility index (Phi) is 3.54. The number of aryl methyl sites for hydroxylation is 1. The van der Waals surface area contributed by atoms with E-state index in [0.29, 0.717) is 6.54 Å². The zero-order chi connectivity index (χ0) is 16.9. The van der Waals surface area contributed by atoms with Gasteiger partial charge in [-0.1, -0.05) is 12.1 Å². The van der Waals surface area contributed by atoms with E-state index in [1.54, 1.807) is 35.3 Å². The smallest absolute Gasteiger partial charge is 0.274 e. The van der Waals surface area contributed by atoms with Gasteiger partial charge in [-0.15, -0.1) is 0 Å². The Hall–Kier alpha value is -2.06. The van der Waals surface area contributed by atoms with Crippen LogP contribution in [0.5, 0.6) is 0 Å². The number of carbonyl (C=O) groups is 2. The maximum atomic E-state index is 12.5. The standard InChI is InChI=1S/C16H17N2O5S/c19-14-12-11-4-7-18(10-11)13(12)15(20)16(14)23-24(21,22)9-8-17-5-2-1-3-6-17/h1-7,11-13,16H,8-10H2/q+1. The number of rotatable bonds is 5.